The van der Waals surface area contributed by atoms with Crippen molar-refractivity contribution in [1.82, 2.24) is 4.98 Å². The SMILES string of the molecule is COc1nccc2ccc(CCON)cc12. The van der Waals surface area contributed by atoms with Crippen molar-refractivity contribution in [3.8, 4) is 5.88 Å². The second-order valence-electron chi connectivity index (χ2n) is 3.50. The molecule has 0 radical (unpaired) electrons. The molecule has 0 atom stereocenters. The third-order valence-electron chi connectivity index (χ3n) is 2.50. The minimum Gasteiger partial charge on any atom is -0.481 e. The molecular formula is C12H14N2O2. The van der Waals surface area contributed by atoms with Gasteiger partial charge in [0.05, 0.1) is 13.7 Å². The van der Waals surface area contributed by atoms with E-state index < -0.39 is 0 Å². The highest BCUT2D eigenvalue weighted by Crippen LogP contribution is 2.23. The number of hydrogen-bond donors (Lipinski definition) is 1. The molecular weight excluding hydrogens is 204 g/mol. The third kappa shape index (κ3) is 2.13. The Bertz CT molecular complexity index is 485. The molecule has 0 aliphatic heterocycles. The summed E-state index contributed by atoms with van der Waals surface area (Å²) in [6, 6.07) is 8.12. The van der Waals surface area contributed by atoms with Crippen molar-refractivity contribution in [3.63, 3.8) is 0 Å². The van der Waals surface area contributed by atoms with E-state index in [1.807, 2.05) is 12.1 Å². The van der Waals surface area contributed by atoms with Crippen molar-refractivity contribution >= 4 is 10.8 Å². The minimum absolute atomic E-state index is 0.508. The Kier molecular flexibility index (Phi) is 3.34. The van der Waals surface area contributed by atoms with Gasteiger partial charge < -0.3 is 9.57 Å². The van der Waals surface area contributed by atoms with Gasteiger partial charge in [0.1, 0.15) is 0 Å². The van der Waals surface area contributed by atoms with Gasteiger partial charge in [0.25, 0.3) is 0 Å². The Labute approximate surface area is 93.9 Å². The molecule has 1 heterocycles. The van der Waals surface area contributed by atoms with Gasteiger partial charge in [-0.15, -0.1) is 0 Å². The Morgan fingerprint density at radius 1 is 1.31 bits per heavy atom. The number of hydrogen-bond acceptors (Lipinski definition) is 4. The summed E-state index contributed by atoms with van der Waals surface area (Å²) >= 11 is 0. The van der Waals surface area contributed by atoms with Crippen molar-refractivity contribution in [2.45, 2.75) is 6.42 Å². The maximum atomic E-state index is 5.22. The van der Waals surface area contributed by atoms with E-state index in [9.17, 15) is 0 Å². The van der Waals surface area contributed by atoms with Crippen LogP contribution in [0.25, 0.3) is 10.8 Å². The standard InChI is InChI=1S/C12H14N2O2/c1-15-12-11-8-9(5-7-16-13)2-3-10(11)4-6-14-12/h2-4,6,8H,5,7,13H2,1H3. The fourth-order valence-corrected chi connectivity index (χ4v) is 1.68. The summed E-state index contributed by atoms with van der Waals surface area (Å²) in [6.07, 6.45) is 2.52. The Morgan fingerprint density at radius 2 is 2.19 bits per heavy atom. The van der Waals surface area contributed by atoms with Crippen LogP contribution in [0.5, 0.6) is 5.88 Å². The molecule has 2 aromatic rings. The van der Waals surface area contributed by atoms with Gasteiger partial charge in [-0.1, -0.05) is 12.1 Å². The van der Waals surface area contributed by atoms with E-state index in [0.29, 0.717) is 12.5 Å². The third-order valence-corrected chi connectivity index (χ3v) is 2.50. The molecule has 2 rings (SSSR count). The summed E-state index contributed by atoms with van der Waals surface area (Å²) in [4.78, 5) is 8.74. The molecule has 84 valence electrons. The first-order valence-corrected chi connectivity index (χ1v) is 5.08. The second kappa shape index (κ2) is 4.92. The molecule has 0 spiro atoms. The van der Waals surface area contributed by atoms with Gasteiger partial charge in [-0.3, -0.25) is 0 Å². The number of methoxy groups -OCH3 is 1. The number of benzene rings is 1. The molecule has 4 nitrogen and oxygen atoms in total. The first-order chi connectivity index (χ1) is 7.85. The van der Waals surface area contributed by atoms with Gasteiger partial charge in [0.15, 0.2) is 0 Å². The van der Waals surface area contributed by atoms with E-state index in [4.69, 9.17) is 10.6 Å². The van der Waals surface area contributed by atoms with Crippen LogP contribution in [0.15, 0.2) is 30.5 Å². The van der Waals surface area contributed by atoms with Gasteiger partial charge in [-0.05, 0) is 29.5 Å². The van der Waals surface area contributed by atoms with Crippen LogP contribution in [0.1, 0.15) is 5.56 Å². The molecule has 16 heavy (non-hydrogen) atoms. The monoisotopic (exact) mass is 218 g/mol. The molecule has 0 fully saturated rings. The number of rotatable bonds is 4. The molecule has 1 aromatic carbocycles. The number of nitrogens with zero attached hydrogens (tertiary/aromatic N) is 1. The smallest absolute Gasteiger partial charge is 0.221 e. The summed E-state index contributed by atoms with van der Waals surface area (Å²) in [7, 11) is 1.62. The van der Waals surface area contributed by atoms with Crippen LogP contribution in [0.3, 0.4) is 0 Å². The second-order valence-corrected chi connectivity index (χ2v) is 3.50. The Morgan fingerprint density at radius 3 is 2.94 bits per heavy atom. The molecule has 0 aliphatic rings. The zero-order valence-corrected chi connectivity index (χ0v) is 9.14. The average molecular weight is 218 g/mol. The van der Waals surface area contributed by atoms with Crippen LogP contribution in [-0.2, 0) is 11.3 Å². The maximum absolute atomic E-state index is 5.22. The molecule has 0 bridgehead atoms. The number of aromatic nitrogens is 1. The quantitative estimate of drug-likeness (QED) is 0.793. The molecule has 4 heteroatoms. The van der Waals surface area contributed by atoms with Gasteiger partial charge in [-0.25, -0.2) is 10.9 Å². The largest absolute Gasteiger partial charge is 0.481 e. The first kappa shape index (κ1) is 10.9. The van der Waals surface area contributed by atoms with Crippen molar-refractivity contribution < 1.29 is 9.57 Å². The molecule has 2 N–H and O–H groups in total. The van der Waals surface area contributed by atoms with Gasteiger partial charge in [0.2, 0.25) is 5.88 Å². The number of fused-ring (bicyclic) bond motifs is 1. The van der Waals surface area contributed by atoms with Crippen LogP contribution in [0.2, 0.25) is 0 Å². The van der Waals surface area contributed by atoms with Crippen molar-refractivity contribution in [2.75, 3.05) is 13.7 Å². The lowest BCUT2D eigenvalue weighted by molar-refractivity contribution is 0.141. The highest BCUT2D eigenvalue weighted by molar-refractivity contribution is 5.87. The highest BCUT2D eigenvalue weighted by Gasteiger charge is 2.03. The maximum Gasteiger partial charge on any atom is 0.221 e. The van der Waals surface area contributed by atoms with Crippen LogP contribution >= 0.6 is 0 Å². The van der Waals surface area contributed by atoms with Crippen LogP contribution < -0.4 is 10.6 Å². The number of ether oxygens (including phenoxy) is 1. The van der Waals surface area contributed by atoms with E-state index in [2.05, 4.69) is 22.0 Å². The van der Waals surface area contributed by atoms with E-state index >= 15 is 0 Å². The zero-order valence-electron chi connectivity index (χ0n) is 9.14. The topological polar surface area (TPSA) is 57.4 Å². The fourth-order valence-electron chi connectivity index (χ4n) is 1.68. The highest BCUT2D eigenvalue weighted by atomic mass is 16.6. The summed E-state index contributed by atoms with van der Waals surface area (Å²) in [5.74, 6) is 5.65. The minimum atomic E-state index is 0.508. The lowest BCUT2D eigenvalue weighted by Crippen LogP contribution is -2.03. The van der Waals surface area contributed by atoms with Gasteiger partial charge in [-0.2, -0.15) is 0 Å². The molecule has 0 unspecified atom stereocenters. The zero-order chi connectivity index (χ0) is 11.4. The molecule has 0 saturated carbocycles. The van der Waals surface area contributed by atoms with E-state index in [0.717, 1.165) is 22.8 Å². The summed E-state index contributed by atoms with van der Waals surface area (Å²) in [5.41, 5.74) is 1.16. The van der Waals surface area contributed by atoms with E-state index in [1.165, 1.54) is 0 Å². The van der Waals surface area contributed by atoms with E-state index in [-0.39, 0.29) is 0 Å². The van der Waals surface area contributed by atoms with Crippen molar-refractivity contribution in [1.29, 1.82) is 0 Å². The number of pyridine rings is 1. The number of nitrogens with two attached hydrogens (primary N) is 1. The predicted octanol–water partition coefficient (Wildman–Crippen LogP) is 1.68. The lowest BCUT2D eigenvalue weighted by atomic mass is 10.1. The molecule has 0 aliphatic carbocycles. The lowest BCUT2D eigenvalue weighted by Gasteiger charge is -2.06. The fraction of sp³-hybridized carbons (Fsp3) is 0.250. The normalized spacial score (nSPS) is 10.6. The molecule has 0 amide bonds. The molecule has 0 saturated heterocycles. The predicted molar refractivity (Wildman–Crippen MR) is 62.1 cm³/mol. The van der Waals surface area contributed by atoms with Gasteiger partial charge in [0, 0.05) is 11.6 Å². The first-order valence-electron chi connectivity index (χ1n) is 5.08. The van der Waals surface area contributed by atoms with Gasteiger partial charge >= 0.3 is 0 Å². The van der Waals surface area contributed by atoms with Crippen LogP contribution in [0.4, 0.5) is 0 Å². The Balaban J connectivity index is 2.42. The summed E-state index contributed by atoms with van der Waals surface area (Å²) in [5, 5.41) is 2.13. The van der Waals surface area contributed by atoms with E-state index in [1.54, 1.807) is 13.3 Å². The summed E-state index contributed by atoms with van der Waals surface area (Å²) in [6.45, 7) is 0.508. The van der Waals surface area contributed by atoms with Crippen LogP contribution in [0, 0.1) is 0 Å². The summed E-state index contributed by atoms with van der Waals surface area (Å²) < 4.78 is 5.22. The molecule has 1 aromatic heterocycles. The van der Waals surface area contributed by atoms with Crippen LogP contribution in [-0.4, -0.2) is 18.7 Å². The van der Waals surface area contributed by atoms with Crippen molar-refractivity contribution in [3.05, 3.63) is 36.0 Å². The Hall–Kier alpha value is -1.65. The average Bonchev–Trinajstić information content (AvgIpc) is 2.35. The van der Waals surface area contributed by atoms with Crippen molar-refractivity contribution in [2.24, 2.45) is 5.90 Å².